The van der Waals surface area contributed by atoms with Crippen LogP contribution < -0.4 is 9.77 Å². The molecule has 7 nitrogen and oxygen atoms in total. The molecule has 0 saturated carbocycles. The number of carbonyl (C=O) groups excluding carboxylic acids is 1. The lowest BCUT2D eigenvalue weighted by atomic mass is 9.96. The van der Waals surface area contributed by atoms with Crippen LogP contribution in [0.25, 0.3) is 10.2 Å². The smallest absolute Gasteiger partial charge is 0.308 e. The summed E-state index contributed by atoms with van der Waals surface area (Å²) in [5.74, 6) is -0.0713. The molecule has 5 rings (SSSR count). The van der Waals surface area contributed by atoms with Crippen LogP contribution in [0.1, 0.15) is 25.3 Å². The van der Waals surface area contributed by atoms with Crippen molar-refractivity contribution in [2.45, 2.75) is 37.6 Å². The molecule has 1 fully saturated rings. The van der Waals surface area contributed by atoms with Crippen molar-refractivity contribution >= 4 is 43.2 Å². The Hall–Kier alpha value is -2.49. The molecule has 168 valence electrons. The number of thiazole rings is 1. The standard InChI is InChI=1S/C23H25N3O4S2/c1-2-25-20-8-7-18(15-21(20)31-23(25)28)32(29,30)24-12-9-17(10-13-24)22(27)26-14-11-16-5-3-4-6-19(16)26/h3-8,15,17H,2,9-14H2,1H3. The average Bonchev–Trinajstić information content (AvgIpc) is 3.38. The largest absolute Gasteiger partial charge is 0.312 e. The van der Waals surface area contributed by atoms with E-state index in [1.807, 2.05) is 30.0 Å². The Labute approximate surface area is 190 Å². The third-order valence-corrected chi connectivity index (χ3v) is 9.39. The normalized spacial score (nSPS) is 17.7. The number of para-hydroxylation sites is 1. The molecule has 2 aromatic carbocycles. The molecular weight excluding hydrogens is 446 g/mol. The molecule has 2 aliphatic heterocycles. The molecule has 2 aliphatic rings. The van der Waals surface area contributed by atoms with Gasteiger partial charge in [0.1, 0.15) is 0 Å². The fourth-order valence-corrected chi connectivity index (χ4v) is 7.35. The number of fused-ring (bicyclic) bond motifs is 2. The lowest BCUT2D eigenvalue weighted by Crippen LogP contribution is -2.44. The molecular formula is C23H25N3O4S2. The summed E-state index contributed by atoms with van der Waals surface area (Å²) in [5, 5.41) is 0. The summed E-state index contributed by atoms with van der Waals surface area (Å²) in [6.45, 7) is 3.77. The summed E-state index contributed by atoms with van der Waals surface area (Å²) in [6.07, 6.45) is 1.89. The van der Waals surface area contributed by atoms with Gasteiger partial charge < -0.3 is 4.90 Å². The second-order valence-electron chi connectivity index (χ2n) is 8.29. The van der Waals surface area contributed by atoms with Gasteiger partial charge in [-0.15, -0.1) is 0 Å². The van der Waals surface area contributed by atoms with Gasteiger partial charge in [0.25, 0.3) is 0 Å². The van der Waals surface area contributed by atoms with E-state index >= 15 is 0 Å². The van der Waals surface area contributed by atoms with Crippen molar-refractivity contribution in [1.82, 2.24) is 8.87 Å². The first kappa shape index (κ1) is 21.4. The van der Waals surface area contributed by atoms with Gasteiger partial charge in [-0.2, -0.15) is 4.31 Å². The Bertz CT molecular complexity index is 1350. The Morgan fingerprint density at radius 3 is 2.59 bits per heavy atom. The Morgan fingerprint density at radius 1 is 1.09 bits per heavy atom. The Kier molecular flexibility index (Phi) is 5.43. The van der Waals surface area contributed by atoms with Crippen molar-refractivity contribution in [3.63, 3.8) is 0 Å². The number of piperidine rings is 1. The summed E-state index contributed by atoms with van der Waals surface area (Å²) in [7, 11) is -3.68. The quantitative estimate of drug-likeness (QED) is 0.586. The molecule has 1 aromatic heterocycles. The topological polar surface area (TPSA) is 79.7 Å². The van der Waals surface area contributed by atoms with Crippen LogP contribution in [-0.4, -0.2) is 42.8 Å². The average molecular weight is 472 g/mol. The first-order valence-electron chi connectivity index (χ1n) is 10.9. The molecule has 3 heterocycles. The van der Waals surface area contributed by atoms with E-state index in [1.54, 1.807) is 22.8 Å². The van der Waals surface area contributed by atoms with Gasteiger partial charge in [-0.05, 0) is 56.0 Å². The van der Waals surface area contributed by atoms with Gasteiger partial charge in [-0.3, -0.25) is 14.2 Å². The third kappa shape index (κ3) is 3.48. The number of hydrogen-bond donors (Lipinski definition) is 0. The predicted molar refractivity (Wildman–Crippen MR) is 126 cm³/mol. The second kappa shape index (κ2) is 8.13. The molecule has 3 aromatic rings. The van der Waals surface area contributed by atoms with E-state index in [9.17, 15) is 18.0 Å². The number of carbonyl (C=O) groups is 1. The van der Waals surface area contributed by atoms with Crippen LogP contribution in [0.2, 0.25) is 0 Å². The minimum atomic E-state index is -3.68. The van der Waals surface area contributed by atoms with E-state index < -0.39 is 10.0 Å². The molecule has 0 spiro atoms. The minimum Gasteiger partial charge on any atom is -0.312 e. The number of amides is 1. The third-order valence-electron chi connectivity index (χ3n) is 6.55. The highest BCUT2D eigenvalue weighted by Gasteiger charge is 2.35. The number of nitrogens with zero attached hydrogens (tertiary/aromatic N) is 3. The first-order chi connectivity index (χ1) is 15.4. The van der Waals surface area contributed by atoms with E-state index in [1.165, 1.54) is 9.87 Å². The van der Waals surface area contributed by atoms with Crippen LogP contribution in [0.4, 0.5) is 5.69 Å². The highest BCUT2D eigenvalue weighted by atomic mass is 32.2. The number of hydrogen-bond acceptors (Lipinski definition) is 5. The fourth-order valence-electron chi connectivity index (χ4n) is 4.79. The maximum atomic E-state index is 13.2. The van der Waals surface area contributed by atoms with Gasteiger partial charge in [-0.1, -0.05) is 29.5 Å². The number of aromatic nitrogens is 1. The fraction of sp³-hybridized carbons (Fsp3) is 0.391. The summed E-state index contributed by atoms with van der Waals surface area (Å²) < 4.78 is 30.3. The summed E-state index contributed by atoms with van der Waals surface area (Å²) >= 11 is 1.07. The van der Waals surface area contributed by atoms with Crippen molar-refractivity contribution in [2.75, 3.05) is 24.5 Å². The molecule has 1 amide bonds. The maximum Gasteiger partial charge on any atom is 0.308 e. The van der Waals surface area contributed by atoms with Crippen LogP contribution in [0.3, 0.4) is 0 Å². The van der Waals surface area contributed by atoms with E-state index in [0.29, 0.717) is 43.7 Å². The summed E-state index contributed by atoms with van der Waals surface area (Å²) in [4.78, 5) is 27.2. The number of anilines is 1. The van der Waals surface area contributed by atoms with Crippen molar-refractivity contribution in [3.8, 4) is 0 Å². The molecule has 0 radical (unpaired) electrons. The molecule has 32 heavy (non-hydrogen) atoms. The van der Waals surface area contributed by atoms with Gasteiger partial charge in [0.15, 0.2) is 0 Å². The van der Waals surface area contributed by atoms with Crippen molar-refractivity contribution in [2.24, 2.45) is 5.92 Å². The zero-order valence-electron chi connectivity index (χ0n) is 17.9. The van der Waals surface area contributed by atoms with Gasteiger partial charge >= 0.3 is 4.87 Å². The Balaban J connectivity index is 1.31. The van der Waals surface area contributed by atoms with Crippen LogP contribution in [-0.2, 0) is 27.8 Å². The molecule has 0 aliphatic carbocycles. The monoisotopic (exact) mass is 471 g/mol. The zero-order valence-corrected chi connectivity index (χ0v) is 19.5. The van der Waals surface area contributed by atoms with Gasteiger partial charge in [0.05, 0.1) is 15.1 Å². The van der Waals surface area contributed by atoms with Gasteiger partial charge in [0.2, 0.25) is 15.9 Å². The van der Waals surface area contributed by atoms with E-state index in [4.69, 9.17) is 0 Å². The van der Waals surface area contributed by atoms with Crippen LogP contribution >= 0.6 is 11.3 Å². The molecule has 1 saturated heterocycles. The van der Waals surface area contributed by atoms with E-state index in [0.717, 1.165) is 29.0 Å². The van der Waals surface area contributed by atoms with Gasteiger partial charge in [0, 0.05) is 37.8 Å². The van der Waals surface area contributed by atoms with Crippen molar-refractivity contribution in [1.29, 1.82) is 0 Å². The van der Waals surface area contributed by atoms with E-state index in [2.05, 4.69) is 6.07 Å². The summed E-state index contributed by atoms with van der Waals surface area (Å²) in [5.41, 5.74) is 2.94. The molecule has 0 unspecified atom stereocenters. The van der Waals surface area contributed by atoms with Crippen LogP contribution in [0, 0.1) is 5.92 Å². The lowest BCUT2D eigenvalue weighted by Gasteiger charge is -2.32. The van der Waals surface area contributed by atoms with Gasteiger partial charge in [-0.25, -0.2) is 8.42 Å². The second-order valence-corrected chi connectivity index (χ2v) is 11.2. The number of sulfonamides is 1. The maximum absolute atomic E-state index is 13.2. The Morgan fingerprint density at radius 2 is 1.84 bits per heavy atom. The molecule has 9 heteroatoms. The number of aryl methyl sites for hydroxylation is 1. The van der Waals surface area contributed by atoms with Crippen LogP contribution in [0.15, 0.2) is 52.2 Å². The van der Waals surface area contributed by atoms with Crippen LogP contribution in [0.5, 0.6) is 0 Å². The molecule has 0 bridgehead atoms. The van der Waals surface area contributed by atoms with Crippen molar-refractivity contribution < 1.29 is 13.2 Å². The highest BCUT2D eigenvalue weighted by Crippen LogP contribution is 2.32. The number of rotatable bonds is 4. The highest BCUT2D eigenvalue weighted by molar-refractivity contribution is 7.89. The first-order valence-corrected chi connectivity index (χ1v) is 13.2. The van der Waals surface area contributed by atoms with E-state index in [-0.39, 0.29) is 21.6 Å². The number of benzene rings is 2. The molecule has 0 atom stereocenters. The molecule has 0 N–H and O–H groups in total. The SMILES string of the molecule is CCn1c(=O)sc2cc(S(=O)(=O)N3CCC(C(=O)N4CCc5ccccc54)CC3)ccc21. The summed E-state index contributed by atoms with van der Waals surface area (Å²) in [6, 6.07) is 12.9. The van der Waals surface area contributed by atoms with Crippen molar-refractivity contribution in [3.05, 3.63) is 57.7 Å². The lowest BCUT2D eigenvalue weighted by molar-refractivity contribution is -0.123. The minimum absolute atomic E-state index is 0.0835. The predicted octanol–water partition coefficient (Wildman–Crippen LogP) is 3.07. The zero-order chi connectivity index (χ0) is 22.5.